The van der Waals surface area contributed by atoms with Crippen molar-refractivity contribution in [3.8, 4) is 0 Å². The first-order chi connectivity index (χ1) is 8.01. The molecule has 1 aliphatic rings. The van der Waals surface area contributed by atoms with Crippen LogP contribution >= 0.6 is 0 Å². The summed E-state index contributed by atoms with van der Waals surface area (Å²) in [7, 11) is 1.37. The van der Waals surface area contributed by atoms with Crippen LogP contribution in [0.15, 0.2) is 0 Å². The van der Waals surface area contributed by atoms with Crippen LogP contribution in [-0.2, 0) is 14.2 Å². The van der Waals surface area contributed by atoms with Crippen molar-refractivity contribution in [2.75, 3.05) is 13.7 Å². The van der Waals surface area contributed by atoms with Crippen molar-refractivity contribution in [1.29, 1.82) is 0 Å². The van der Waals surface area contributed by atoms with Crippen LogP contribution in [0.3, 0.4) is 0 Å². The van der Waals surface area contributed by atoms with Gasteiger partial charge in [0.15, 0.2) is 6.29 Å². The monoisotopic (exact) mass is 250 g/mol. The molecule has 0 aromatic heterocycles. The molecule has 0 bridgehead atoms. The van der Waals surface area contributed by atoms with Gasteiger partial charge in [-0.25, -0.2) is 0 Å². The number of aliphatic hydroxyl groups is 3. The Balaban J connectivity index is 2.53. The summed E-state index contributed by atoms with van der Waals surface area (Å²) in [5, 5.41) is 28.9. The zero-order valence-electron chi connectivity index (χ0n) is 10.4. The van der Waals surface area contributed by atoms with Gasteiger partial charge in [0.1, 0.15) is 24.4 Å². The van der Waals surface area contributed by atoms with Crippen LogP contribution in [0.5, 0.6) is 0 Å². The molecule has 0 saturated carbocycles. The fourth-order valence-corrected chi connectivity index (χ4v) is 1.63. The molecule has 1 saturated heterocycles. The predicted octanol–water partition coefficient (Wildman–Crippen LogP) is -0.744. The Labute approximate surface area is 101 Å². The molecule has 6 heteroatoms. The molecule has 0 amide bonds. The molecule has 1 unspecified atom stereocenters. The van der Waals surface area contributed by atoms with E-state index in [0.29, 0.717) is 0 Å². The molecule has 102 valence electrons. The van der Waals surface area contributed by atoms with Crippen molar-refractivity contribution in [1.82, 2.24) is 0 Å². The second kappa shape index (κ2) is 6.63. The van der Waals surface area contributed by atoms with Gasteiger partial charge < -0.3 is 29.5 Å². The van der Waals surface area contributed by atoms with Crippen molar-refractivity contribution in [2.45, 2.75) is 57.1 Å². The Hall–Kier alpha value is -0.240. The fraction of sp³-hybridized carbons (Fsp3) is 1.00. The topological polar surface area (TPSA) is 88.4 Å². The van der Waals surface area contributed by atoms with Crippen molar-refractivity contribution in [2.24, 2.45) is 0 Å². The van der Waals surface area contributed by atoms with Gasteiger partial charge in [-0.15, -0.1) is 0 Å². The second-order valence-corrected chi connectivity index (χ2v) is 4.30. The van der Waals surface area contributed by atoms with E-state index >= 15 is 0 Å². The maximum absolute atomic E-state index is 9.74. The summed E-state index contributed by atoms with van der Waals surface area (Å²) in [5.74, 6) is 0. The van der Waals surface area contributed by atoms with E-state index in [2.05, 4.69) is 0 Å². The van der Waals surface area contributed by atoms with Gasteiger partial charge in [-0.3, -0.25) is 0 Å². The summed E-state index contributed by atoms with van der Waals surface area (Å²) in [6, 6.07) is 0. The molecule has 1 rings (SSSR count). The fourth-order valence-electron chi connectivity index (χ4n) is 1.63. The number of methoxy groups -OCH3 is 1. The number of rotatable bonds is 5. The summed E-state index contributed by atoms with van der Waals surface area (Å²) >= 11 is 0. The molecule has 6 atom stereocenters. The van der Waals surface area contributed by atoms with E-state index in [9.17, 15) is 15.3 Å². The Kier molecular flexibility index (Phi) is 5.78. The summed E-state index contributed by atoms with van der Waals surface area (Å²) < 4.78 is 15.6. The number of hydrogen-bond acceptors (Lipinski definition) is 6. The van der Waals surface area contributed by atoms with Gasteiger partial charge in [-0.05, 0) is 13.3 Å². The molecule has 0 radical (unpaired) electrons. The smallest absolute Gasteiger partial charge is 0.186 e. The van der Waals surface area contributed by atoms with E-state index in [4.69, 9.17) is 14.2 Å². The zero-order valence-corrected chi connectivity index (χ0v) is 10.4. The molecule has 1 fully saturated rings. The quantitative estimate of drug-likeness (QED) is 0.595. The lowest BCUT2D eigenvalue weighted by atomic mass is 9.99. The van der Waals surface area contributed by atoms with Crippen LogP contribution < -0.4 is 0 Å². The van der Waals surface area contributed by atoms with Crippen LogP contribution in [0.4, 0.5) is 0 Å². The first-order valence-electron chi connectivity index (χ1n) is 5.85. The number of hydrogen-bond donors (Lipinski definition) is 3. The van der Waals surface area contributed by atoms with Crippen LogP contribution in [0.2, 0.25) is 0 Å². The van der Waals surface area contributed by atoms with Crippen molar-refractivity contribution < 1.29 is 29.5 Å². The van der Waals surface area contributed by atoms with Gasteiger partial charge >= 0.3 is 0 Å². The van der Waals surface area contributed by atoms with Crippen molar-refractivity contribution in [3.05, 3.63) is 0 Å². The van der Waals surface area contributed by atoms with Crippen LogP contribution in [0, 0.1) is 0 Å². The maximum Gasteiger partial charge on any atom is 0.186 e. The molecular formula is C11H22O6. The molecule has 3 N–H and O–H groups in total. The van der Waals surface area contributed by atoms with Crippen molar-refractivity contribution in [3.63, 3.8) is 0 Å². The highest BCUT2D eigenvalue weighted by molar-refractivity contribution is 4.89. The molecule has 0 aromatic rings. The van der Waals surface area contributed by atoms with Gasteiger partial charge in [0.05, 0.1) is 12.7 Å². The molecule has 1 heterocycles. The van der Waals surface area contributed by atoms with E-state index in [1.165, 1.54) is 7.11 Å². The van der Waals surface area contributed by atoms with Gasteiger partial charge in [-0.2, -0.15) is 0 Å². The average molecular weight is 250 g/mol. The zero-order chi connectivity index (χ0) is 13.0. The summed E-state index contributed by atoms with van der Waals surface area (Å²) in [4.78, 5) is 0. The lowest BCUT2D eigenvalue weighted by Gasteiger charge is -2.39. The minimum atomic E-state index is -1.29. The van der Waals surface area contributed by atoms with E-state index in [-0.39, 0.29) is 12.7 Å². The van der Waals surface area contributed by atoms with E-state index in [0.717, 1.165) is 6.42 Å². The predicted molar refractivity (Wildman–Crippen MR) is 59.4 cm³/mol. The van der Waals surface area contributed by atoms with Gasteiger partial charge in [-0.1, -0.05) is 6.92 Å². The Morgan fingerprint density at radius 1 is 1.18 bits per heavy atom. The lowest BCUT2D eigenvalue weighted by molar-refractivity contribution is -0.297. The number of aliphatic hydroxyl groups excluding tert-OH is 3. The third-order valence-electron chi connectivity index (χ3n) is 3.02. The van der Waals surface area contributed by atoms with Gasteiger partial charge in [0.2, 0.25) is 0 Å². The summed E-state index contributed by atoms with van der Waals surface area (Å²) in [5.41, 5.74) is 0. The van der Waals surface area contributed by atoms with Crippen LogP contribution in [-0.4, -0.2) is 65.8 Å². The third kappa shape index (κ3) is 3.61. The highest BCUT2D eigenvalue weighted by Crippen LogP contribution is 2.22. The molecule has 1 aliphatic heterocycles. The molecule has 0 spiro atoms. The third-order valence-corrected chi connectivity index (χ3v) is 3.02. The van der Waals surface area contributed by atoms with E-state index < -0.39 is 30.7 Å². The molecular weight excluding hydrogens is 228 g/mol. The Bertz CT molecular complexity index is 222. The molecule has 0 aliphatic carbocycles. The minimum Gasteiger partial charge on any atom is -0.387 e. The largest absolute Gasteiger partial charge is 0.387 e. The lowest BCUT2D eigenvalue weighted by Crippen LogP contribution is -2.59. The first-order valence-corrected chi connectivity index (χ1v) is 5.85. The normalized spacial score (nSPS) is 40.2. The highest BCUT2D eigenvalue weighted by atomic mass is 16.7. The highest BCUT2D eigenvalue weighted by Gasteiger charge is 2.43. The molecule has 17 heavy (non-hydrogen) atoms. The van der Waals surface area contributed by atoms with E-state index in [1.54, 1.807) is 0 Å². The van der Waals surface area contributed by atoms with Gasteiger partial charge in [0, 0.05) is 7.11 Å². The standard InChI is InChI=1S/C11H22O6/c1-4-6(2)16-5-7-8(12)9(13)10(14)11(15-3)17-7/h6-14H,4-5H2,1-3H3/t6?,7-,8+,9+,10-,11-/m1/s1. The summed E-state index contributed by atoms with van der Waals surface area (Å²) in [6.07, 6.45) is -4.47. The first kappa shape index (κ1) is 14.8. The van der Waals surface area contributed by atoms with Crippen LogP contribution in [0.25, 0.3) is 0 Å². The second-order valence-electron chi connectivity index (χ2n) is 4.30. The van der Waals surface area contributed by atoms with Crippen molar-refractivity contribution >= 4 is 0 Å². The SMILES string of the molecule is CCC(C)OC[C@H]1O[C@@H](OC)[C@H](O)[C@@H](O)[C@H]1O. The Morgan fingerprint density at radius 3 is 2.35 bits per heavy atom. The summed E-state index contributed by atoms with van der Waals surface area (Å²) in [6.45, 7) is 4.05. The van der Waals surface area contributed by atoms with Crippen LogP contribution in [0.1, 0.15) is 20.3 Å². The van der Waals surface area contributed by atoms with E-state index in [1.807, 2.05) is 13.8 Å². The maximum atomic E-state index is 9.74. The molecule has 6 nitrogen and oxygen atoms in total. The number of ether oxygens (including phenoxy) is 3. The average Bonchev–Trinajstić information content (AvgIpc) is 2.34. The van der Waals surface area contributed by atoms with Gasteiger partial charge in [0.25, 0.3) is 0 Å². The minimum absolute atomic E-state index is 0.0517. The Morgan fingerprint density at radius 2 is 1.82 bits per heavy atom. The molecule has 0 aromatic carbocycles.